The van der Waals surface area contributed by atoms with Crippen LogP contribution in [0.5, 0.6) is 0 Å². The number of pyridine rings is 2. The molecule has 0 fully saturated rings. The van der Waals surface area contributed by atoms with Crippen molar-refractivity contribution in [3.8, 4) is 11.4 Å². The average Bonchev–Trinajstić information content (AvgIpc) is 2.52. The number of nitrogens with one attached hydrogen (secondary N) is 1. The molecule has 2 heterocycles. The molecule has 21 heavy (non-hydrogen) atoms. The number of hydrogen-bond donors (Lipinski definition) is 1. The molecule has 110 valence electrons. The Morgan fingerprint density at radius 2 is 1.95 bits per heavy atom. The van der Waals surface area contributed by atoms with Gasteiger partial charge >= 0.3 is 0 Å². The zero-order chi connectivity index (χ0) is 15.1. The third-order valence-corrected chi connectivity index (χ3v) is 3.02. The zero-order valence-corrected chi connectivity index (χ0v) is 12.4. The number of hydrogen-bond acceptors (Lipinski definition) is 4. The molecule has 0 aliphatic carbocycles. The minimum atomic E-state index is -0.0756. The van der Waals surface area contributed by atoms with Gasteiger partial charge in [-0.2, -0.15) is 0 Å². The lowest BCUT2D eigenvalue weighted by atomic mass is 10.1. The number of carbonyl (C=O) groups is 1. The van der Waals surface area contributed by atoms with Crippen molar-refractivity contribution in [1.82, 2.24) is 20.2 Å². The number of nitrogens with zero attached hydrogens (tertiary/aromatic N) is 3. The van der Waals surface area contributed by atoms with E-state index in [-0.39, 0.29) is 5.91 Å². The molecule has 1 amide bonds. The van der Waals surface area contributed by atoms with Crippen molar-refractivity contribution < 1.29 is 4.79 Å². The molecule has 5 nitrogen and oxygen atoms in total. The van der Waals surface area contributed by atoms with Crippen molar-refractivity contribution in [2.75, 3.05) is 27.2 Å². The van der Waals surface area contributed by atoms with Crippen LogP contribution in [0, 0.1) is 0 Å². The van der Waals surface area contributed by atoms with Gasteiger partial charge in [0.1, 0.15) is 0 Å². The third-order valence-electron chi connectivity index (χ3n) is 3.02. The standard InChI is InChI=1S/C16H20N4O/c1-20(2)11-5-9-19-16(21)13-7-10-18-15(12-13)14-6-3-4-8-17-14/h3-4,6-8,10,12H,5,9,11H2,1-2H3,(H,19,21). The molecule has 0 aliphatic heterocycles. The number of carbonyl (C=O) groups excluding carboxylic acids is 1. The number of aromatic nitrogens is 2. The van der Waals surface area contributed by atoms with Crippen LogP contribution in [0.25, 0.3) is 11.4 Å². The Bertz CT molecular complexity index is 584. The minimum absolute atomic E-state index is 0.0756. The van der Waals surface area contributed by atoms with Crippen molar-refractivity contribution in [1.29, 1.82) is 0 Å². The van der Waals surface area contributed by atoms with E-state index in [9.17, 15) is 4.79 Å². The second kappa shape index (κ2) is 7.50. The molecule has 0 saturated heterocycles. The summed E-state index contributed by atoms with van der Waals surface area (Å²) >= 11 is 0. The van der Waals surface area contributed by atoms with E-state index in [1.807, 2.05) is 32.3 Å². The molecule has 0 aromatic carbocycles. The predicted octanol–water partition coefficient (Wildman–Crippen LogP) is 1.83. The Balaban J connectivity index is 1.99. The molecule has 0 unspecified atom stereocenters. The lowest BCUT2D eigenvalue weighted by Crippen LogP contribution is -2.27. The first-order chi connectivity index (χ1) is 10.2. The lowest BCUT2D eigenvalue weighted by Gasteiger charge is -2.10. The van der Waals surface area contributed by atoms with Gasteiger partial charge in [0.05, 0.1) is 11.4 Å². The highest BCUT2D eigenvalue weighted by molar-refractivity contribution is 5.94. The van der Waals surface area contributed by atoms with E-state index in [0.29, 0.717) is 17.8 Å². The van der Waals surface area contributed by atoms with Gasteiger partial charge in [0.2, 0.25) is 0 Å². The maximum absolute atomic E-state index is 12.1. The summed E-state index contributed by atoms with van der Waals surface area (Å²) in [6.45, 7) is 1.62. The topological polar surface area (TPSA) is 58.1 Å². The summed E-state index contributed by atoms with van der Waals surface area (Å²) in [4.78, 5) is 22.7. The summed E-state index contributed by atoms with van der Waals surface area (Å²) in [5.41, 5.74) is 2.08. The van der Waals surface area contributed by atoms with Crippen molar-refractivity contribution in [2.24, 2.45) is 0 Å². The van der Waals surface area contributed by atoms with Gasteiger partial charge < -0.3 is 10.2 Å². The van der Waals surface area contributed by atoms with E-state index in [0.717, 1.165) is 18.7 Å². The van der Waals surface area contributed by atoms with E-state index in [2.05, 4.69) is 20.2 Å². The maximum atomic E-state index is 12.1. The Kier molecular flexibility index (Phi) is 5.40. The van der Waals surface area contributed by atoms with Crippen LogP contribution in [0.15, 0.2) is 42.7 Å². The molecule has 0 bridgehead atoms. The van der Waals surface area contributed by atoms with Crippen LogP contribution in [-0.4, -0.2) is 48.0 Å². The van der Waals surface area contributed by atoms with Crippen LogP contribution in [-0.2, 0) is 0 Å². The lowest BCUT2D eigenvalue weighted by molar-refractivity contribution is 0.0952. The summed E-state index contributed by atoms with van der Waals surface area (Å²) in [5, 5.41) is 2.92. The van der Waals surface area contributed by atoms with Crippen LogP contribution in [0.1, 0.15) is 16.8 Å². The van der Waals surface area contributed by atoms with Gasteiger partial charge in [-0.3, -0.25) is 14.8 Å². The van der Waals surface area contributed by atoms with Gasteiger partial charge in [0.25, 0.3) is 5.91 Å². The molecule has 0 atom stereocenters. The molecular formula is C16H20N4O. The summed E-state index contributed by atoms with van der Waals surface area (Å²) in [7, 11) is 4.04. The largest absolute Gasteiger partial charge is 0.352 e. The second-order valence-corrected chi connectivity index (χ2v) is 5.06. The van der Waals surface area contributed by atoms with Gasteiger partial charge in [0, 0.05) is 24.5 Å². The molecule has 0 radical (unpaired) electrons. The minimum Gasteiger partial charge on any atom is -0.352 e. The van der Waals surface area contributed by atoms with Crippen molar-refractivity contribution in [3.05, 3.63) is 48.3 Å². The molecule has 1 N–H and O–H groups in total. The van der Waals surface area contributed by atoms with E-state index in [1.54, 1.807) is 24.5 Å². The van der Waals surface area contributed by atoms with Crippen LogP contribution in [0.4, 0.5) is 0 Å². The van der Waals surface area contributed by atoms with Crippen molar-refractivity contribution >= 4 is 5.91 Å². The molecule has 5 heteroatoms. The summed E-state index contributed by atoms with van der Waals surface area (Å²) < 4.78 is 0. The van der Waals surface area contributed by atoms with Crippen LogP contribution in [0.3, 0.4) is 0 Å². The van der Waals surface area contributed by atoms with E-state index < -0.39 is 0 Å². The molecule has 2 aromatic rings. The summed E-state index contributed by atoms with van der Waals surface area (Å²) in [6.07, 6.45) is 4.28. The summed E-state index contributed by atoms with van der Waals surface area (Å²) in [6, 6.07) is 9.11. The highest BCUT2D eigenvalue weighted by atomic mass is 16.1. The molecule has 0 spiro atoms. The zero-order valence-electron chi connectivity index (χ0n) is 12.4. The van der Waals surface area contributed by atoms with Crippen molar-refractivity contribution in [3.63, 3.8) is 0 Å². The average molecular weight is 284 g/mol. The fraction of sp³-hybridized carbons (Fsp3) is 0.312. The fourth-order valence-corrected chi connectivity index (χ4v) is 1.93. The molecular weight excluding hydrogens is 264 g/mol. The van der Waals surface area contributed by atoms with E-state index in [1.165, 1.54) is 0 Å². The fourth-order valence-electron chi connectivity index (χ4n) is 1.93. The van der Waals surface area contributed by atoms with E-state index >= 15 is 0 Å². The Labute approximate surface area is 125 Å². The smallest absolute Gasteiger partial charge is 0.251 e. The molecule has 2 aromatic heterocycles. The van der Waals surface area contributed by atoms with Crippen molar-refractivity contribution in [2.45, 2.75) is 6.42 Å². The first-order valence-corrected chi connectivity index (χ1v) is 6.97. The monoisotopic (exact) mass is 284 g/mol. The molecule has 2 rings (SSSR count). The molecule has 0 saturated carbocycles. The van der Waals surface area contributed by atoms with Gasteiger partial charge in [-0.15, -0.1) is 0 Å². The van der Waals surface area contributed by atoms with Crippen LogP contribution in [0.2, 0.25) is 0 Å². The van der Waals surface area contributed by atoms with Crippen LogP contribution < -0.4 is 5.32 Å². The summed E-state index contributed by atoms with van der Waals surface area (Å²) in [5.74, 6) is -0.0756. The van der Waals surface area contributed by atoms with Crippen LogP contribution >= 0.6 is 0 Å². The van der Waals surface area contributed by atoms with Gasteiger partial charge in [-0.05, 0) is 51.3 Å². The van der Waals surface area contributed by atoms with Gasteiger partial charge in [-0.25, -0.2) is 0 Å². The maximum Gasteiger partial charge on any atom is 0.251 e. The number of amides is 1. The second-order valence-electron chi connectivity index (χ2n) is 5.06. The predicted molar refractivity (Wildman–Crippen MR) is 83.0 cm³/mol. The normalized spacial score (nSPS) is 10.6. The Morgan fingerprint density at radius 1 is 1.14 bits per heavy atom. The van der Waals surface area contributed by atoms with Gasteiger partial charge in [-0.1, -0.05) is 6.07 Å². The highest BCUT2D eigenvalue weighted by Gasteiger charge is 2.08. The highest BCUT2D eigenvalue weighted by Crippen LogP contribution is 2.14. The molecule has 0 aliphatic rings. The Morgan fingerprint density at radius 3 is 2.67 bits per heavy atom. The van der Waals surface area contributed by atoms with Gasteiger partial charge in [0.15, 0.2) is 0 Å². The quantitative estimate of drug-likeness (QED) is 0.822. The van der Waals surface area contributed by atoms with E-state index in [4.69, 9.17) is 0 Å². The third kappa shape index (κ3) is 4.65. The number of rotatable bonds is 6. The SMILES string of the molecule is CN(C)CCCNC(=O)c1ccnc(-c2ccccn2)c1. The first kappa shape index (κ1) is 15.1. The Hall–Kier alpha value is -2.27. The first-order valence-electron chi connectivity index (χ1n) is 6.97.